The minimum Gasteiger partial charge on any atom is -0.493 e. The van der Waals surface area contributed by atoms with Gasteiger partial charge in [-0.25, -0.2) is 13.2 Å². The molecule has 35 heavy (non-hydrogen) atoms. The Morgan fingerprint density at radius 2 is 1.77 bits per heavy atom. The van der Waals surface area contributed by atoms with Gasteiger partial charge in [0.2, 0.25) is 0 Å². The second-order valence-corrected chi connectivity index (χ2v) is 10.6. The van der Waals surface area contributed by atoms with E-state index in [0.29, 0.717) is 46.4 Å². The maximum absolute atomic E-state index is 13.3. The Morgan fingerprint density at radius 1 is 1.09 bits per heavy atom. The molecule has 1 aliphatic rings. The van der Waals surface area contributed by atoms with Gasteiger partial charge in [0.05, 0.1) is 34.7 Å². The van der Waals surface area contributed by atoms with E-state index in [-0.39, 0.29) is 22.0 Å². The van der Waals surface area contributed by atoms with Crippen LogP contribution < -0.4 is 19.9 Å². The predicted molar refractivity (Wildman–Crippen MR) is 132 cm³/mol. The number of ether oxygens (including phenoxy) is 2. The average Bonchev–Trinajstić information content (AvgIpc) is 3.55. The molecule has 1 saturated carbocycles. The number of fused-ring (bicyclic) bond motifs is 1. The van der Waals surface area contributed by atoms with Crippen LogP contribution in [-0.4, -0.2) is 34.4 Å². The molecule has 10 nitrogen and oxygen atoms in total. The van der Waals surface area contributed by atoms with Crippen LogP contribution in [0.4, 0.5) is 5.69 Å². The largest absolute Gasteiger partial charge is 0.493 e. The lowest BCUT2D eigenvalue weighted by Gasteiger charge is -2.15. The monoisotopic (exact) mass is 497 g/mol. The molecule has 0 amide bonds. The van der Waals surface area contributed by atoms with Gasteiger partial charge in [-0.05, 0) is 50.8 Å². The fraction of sp³-hybridized carbons (Fsp3) is 0.333. The van der Waals surface area contributed by atoms with E-state index in [1.54, 1.807) is 52.2 Å². The van der Waals surface area contributed by atoms with E-state index >= 15 is 0 Å². The van der Waals surface area contributed by atoms with Crippen molar-refractivity contribution in [3.63, 3.8) is 0 Å². The number of imidazole rings is 1. The first-order valence-corrected chi connectivity index (χ1v) is 12.8. The average molecular weight is 498 g/mol. The molecule has 0 unspecified atom stereocenters. The third-order valence-corrected chi connectivity index (χ3v) is 7.79. The van der Waals surface area contributed by atoms with E-state index in [9.17, 15) is 13.2 Å². The zero-order chi connectivity index (χ0) is 24.9. The lowest BCUT2D eigenvalue weighted by molar-refractivity contribution is 0.298. The minimum absolute atomic E-state index is 0.0703. The summed E-state index contributed by atoms with van der Waals surface area (Å²) < 4.78 is 44.2. The highest BCUT2D eigenvalue weighted by molar-refractivity contribution is 7.92. The number of sulfonamides is 1. The van der Waals surface area contributed by atoms with Crippen LogP contribution in [0.3, 0.4) is 0 Å². The van der Waals surface area contributed by atoms with Gasteiger partial charge in [0.1, 0.15) is 16.4 Å². The third kappa shape index (κ3) is 4.39. The summed E-state index contributed by atoms with van der Waals surface area (Å²) in [5.74, 6) is 2.02. The lowest BCUT2D eigenvalue weighted by Crippen LogP contribution is -2.19. The Kier molecular flexibility index (Phi) is 5.59. The molecule has 2 aromatic carbocycles. The molecule has 0 atom stereocenters. The van der Waals surface area contributed by atoms with Crippen molar-refractivity contribution in [3.05, 3.63) is 58.3 Å². The van der Waals surface area contributed by atoms with Crippen molar-refractivity contribution in [3.8, 4) is 17.2 Å². The fourth-order valence-corrected chi connectivity index (χ4v) is 5.51. The Labute approximate surface area is 202 Å². The molecule has 5 rings (SSSR count). The zero-order valence-electron chi connectivity index (χ0n) is 20.0. The summed E-state index contributed by atoms with van der Waals surface area (Å²) >= 11 is 0. The van der Waals surface area contributed by atoms with Crippen molar-refractivity contribution in [1.29, 1.82) is 0 Å². The third-order valence-electron chi connectivity index (χ3n) is 6.16. The quantitative estimate of drug-likeness (QED) is 0.384. The smallest absolute Gasteiger partial charge is 0.328 e. The molecule has 1 fully saturated rings. The van der Waals surface area contributed by atoms with Crippen molar-refractivity contribution in [2.45, 2.75) is 31.6 Å². The maximum Gasteiger partial charge on any atom is 0.328 e. The summed E-state index contributed by atoms with van der Waals surface area (Å²) in [6, 6.07) is 10.5. The van der Waals surface area contributed by atoms with Gasteiger partial charge in [-0.2, -0.15) is 5.10 Å². The van der Waals surface area contributed by atoms with E-state index in [2.05, 4.69) is 14.9 Å². The van der Waals surface area contributed by atoms with Gasteiger partial charge in [-0.1, -0.05) is 6.07 Å². The number of anilines is 1. The van der Waals surface area contributed by atoms with Gasteiger partial charge >= 0.3 is 5.69 Å². The summed E-state index contributed by atoms with van der Waals surface area (Å²) in [4.78, 5) is 12.6. The molecule has 2 N–H and O–H groups in total. The standard InChI is InChI=1S/C24H27N5O5S/c1-14-23(15(2)26-25-14)35(31,32)27-19-11-20-21(29(4)24(30)28(20)3)12-22(19)34-18-7-5-6-17(10-18)33-13-16-8-9-16/h5-7,10-12,16,27H,8-9,13H2,1-4H3,(H,25,26). The number of nitrogens with zero attached hydrogens (tertiary/aromatic N) is 3. The molecule has 1 aliphatic carbocycles. The number of nitrogens with one attached hydrogen (secondary N) is 2. The van der Waals surface area contributed by atoms with Crippen LogP contribution in [0.1, 0.15) is 24.2 Å². The second-order valence-electron chi connectivity index (χ2n) is 8.94. The van der Waals surface area contributed by atoms with Crippen LogP contribution in [0.5, 0.6) is 17.2 Å². The number of benzene rings is 2. The summed E-state index contributed by atoms with van der Waals surface area (Å²) in [6.45, 7) is 3.92. The maximum atomic E-state index is 13.3. The van der Waals surface area contributed by atoms with Gasteiger partial charge in [-0.15, -0.1) is 0 Å². The van der Waals surface area contributed by atoms with Crippen LogP contribution in [-0.2, 0) is 24.1 Å². The predicted octanol–water partition coefficient (Wildman–Crippen LogP) is 3.60. The van der Waals surface area contributed by atoms with Crippen molar-refractivity contribution < 1.29 is 17.9 Å². The van der Waals surface area contributed by atoms with Crippen LogP contribution in [0, 0.1) is 19.8 Å². The van der Waals surface area contributed by atoms with E-state index < -0.39 is 10.0 Å². The normalized spacial score (nSPS) is 13.8. The number of hydrogen-bond donors (Lipinski definition) is 2. The topological polar surface area (TPSA) is 120 Å². The number of rotatable bonds is 8. The lowest BCUT2D eigenvalue weighted by atomic mass is 10.2. The highest BCUT2D eigenvalue weighted by Gasteiger charge is 2.25. The Balaban J connectivity index is 1.56. The van der Waals surface area contributed by atoms with Crippen molar-refractivity contribution >= 4 is 26.7 Å². The van der Waals surface area contributed by atoms with E-state index in [4.69, 9.17) is 9.47 Å². The molecule has 0 bridgehead atoms. The van der Waals surface area contributed by atoms with E-state index in [1.165, 1.54) is 22.0 Å². The van der Waals surface area contributed by atoms with Crippen LogP contribution in [0.2, 0.25) is 0 Å². The SMILES string of the molecule is Cc1n[nH]c(C)c1S(=O)(=O)Nc1cc2c(cc1Oc1cccc(OCC3CC3)c1)n(C)c(=O)n2C. The summed E-state index contributed by atoms with van der Waals surface area (Å²) in [5, 5.41) is 6.70. The first-order chi connectivity index (χ1) is 16.6. The Morgan fingerprint density at radius 3 is 2.43 bits per heavy atom. The molecule has 0 spiro atoms. The highest BCUT2D eigenvalue weighted by Crippen LogP contribution is 2.37. The molecule has 2 heterocycles. The van der Waals surface area contributed by atoms with Gasteiger partial charge < -0.3 is 9.47 Å². The number of H-pyrrole nitrogens is 1. The first-order valence-electron chi connectivity index (χ1n) is 11.3. The molecule has 11 heteroatoms. The molecular formula is C24H27N5O5S. The second kappa shape index (κ2) is 8.49. The molecular weight excluding hydrogens is 470 g/mol. The summed E-state index contributed by atoms with van der Waals surface area (Å²) in [6.07, 6.45) is 2.37. The van der Waals surface area contributed by atoms with Crippen molar-refractivity contribution in [2.24, 2.45) is 20.0 Å². The van der Waals surface area contributed by atoms with Crippen LogP contribution in [0.15, 0.2) is 46.1 Å². The molecule has 4 aromatic rings. The number of hydrogen-bond acceptors (Lipinski definition) is 6. The van der Waals surface area contributed by atoms with Gasteiger partial charge in [0.15, 0.2) is 5.75 Å². The number of aromatic amines is 1. The Hall–Kier alpha value is -3.73. The molecule has 0 saturated heterocycles. The fourth-order valence-electron chi connectivity index (χ4n) is 4.08. The minimum atomic E-state index is -3.99. The van der Waals surface area contributed by atoms with Gasteiger partial charge in [0, 0.05) is 26.2 Å². The molecule has 184 valence electrons. The highest BCUT2D eigenvalue weighted by atomic mass is 32.2. The number of aromatic nitrogens is 4. The van der Waals surface area contributed by atoms with Crippen molar-refractivity contribution in [1.82, 2.24) is 19.3 Å². The molecule has 0 radical (unpaired) electrons. The summed E-state index contributed by atoms with van der Waals surface area (Å²) in [5.41, 5.74) is 1.90. The number of aryl methyl sites for hydroxylation is 4. The van der Waals surface area contributed by atoms with Gasteiger partial charge in [0.25, 0.3) is 10.0 Å². The van der Waals surface area contributed by atoms with E-state index in [1.807, 2.05) is 12.1 Å². The van der Waals surface area contributed by atoms with Crippen LogP contribution in [0.25, 0.3) is 11.0 Å². The molecule has 0 aliphatic heterocycles. The van der Waals surface area contributed by atoms with E-state index in [0.717, 1.165) is 0 Å². The van der Waals surface area contributed by atoms with Crippen molar-refractivity contribution in [2.75, 3.05) is 11.3 Å². The Bertz CT molecular complexity index is 1570. The first kappa shape index (κ1) is 23.0. The summed E-state index contributed by atoms with van der Waals surface area (Å²) in [7, 11) is -0.704. The van der Waals surface area contributed by atoms with Gasteiger partial charge in [-0.3, -0.25) is 19.0 Å². The zero-order valence-corrected chi connectivity index (χ0v) is 20.8. The van der Waals surface area contributed by atoms with Crippen LogP contribution >= 0.6 is 0 Å². The molecule has 2 aromatic heterocycles.